The van der Waals surface area contributed by atoms with Crippen LogP contribution in [0.15, 0.2) is 70.9 Å². The largest absolute Gasteiger partial charge is 0.154 e. The SMILES string of the molecule is c1ccc(C2=NN=C(c3ccccc3)C3CC23)cc1. The maximum absolute atomic E-state index is 4.48. The molecule has 2 heteroatoms. The molecule has 2 aliphatic rings. The van der Waals surface area contributed by atoms with Crippen LogP contribution in [0.2, 0.25) is 0 Å². The molecule has 1 fully saturated rings. The molecule has 1 heterocycles. The summed E-state index contributed by atoms with van der Waals surface area (Å²) in [6.07, 6.45) is 1.18. The van der Waals surface area contributed by atoms with Crippen molar-refractivity contribution in [3.63, 3.8) is 0 Å². The van der Waals surface area contributed by atoms with Crippen LogP contribution in [0.4, 0.5) is 0 Å². The maximum Gasteiger partial charge on any atom is 0.0740 e. The second kappa shape index (κ2) is 4.16. The van der Waals surface area contributed by atoms with E-state index in [0.717, 1.165) is 11.4 Å². The highest BCUT2D eigenvalue weighted by Gasteiger charge is 2.47. The summed E-state index contributed by atoms with van der Waals surface area (Å²) in [6, 6.07) is 20.8. The number of hydrogen-bond acceptors (Lipinski definition) is 2. The van der Waals surface area contributed by atoms with Crippen molar-refractivity contribution in [3.8, 4) is 0 Å². The Morgan fingerprint density at radius 1 is 0.632 bits per heavy atom. The zero-order chi connectivity index (χ0) is 12.7. The normalized spacial score (nSPS) is 24.2. The fraction of sp³-hybridized carbons (Fsp3) is 0.176. The van der Waals surface area contributed by atoms with Crippen LogP contribution in [0, 0.1) is 11.8 Å². The minimum Gasteiger partial charge on any atom is -0.154 e. The van der Waals surface area contributed by atoms with Gasteiger partial charge in [-0.1, -0.05) is 60.7 Å². The van der Waals surface area contributed by atoms with E-state index in [2.05, 4.69) is 58.7 Å². The van der Waals surface area contributed by atoms with Gasteiger partial charge in [0, 0.05) is 11.8 Å². The van der Waals surface area contributed by atoms with E-state index >= 15 is 0 Å². The smallest absolute Gasteiger partial charge is 0.0740 e. The number of fused-ring (bicyclic) bond motifs is 1. The molecule has 0 aromatic heterocycles. The van der Waals surface area contributed by atoms with Gasteiger partial charge in [-0.15, -0.1) is 0 Å². The van der Waals surface area contributed by atoms with E-state index < -0.39 is 0 Å². The molecule has 2 aromatic rings. The second-order valence-electron chi connectivity index (χ2n) is 5.15. The molecule has 2 unspecified atom stereocenters. The van der Waals surface area contributed by atoms with Crippen LogP contribution in [-0.4, -0.2) is 11.4 Å². The predicted octanol–water partition coefficient (Wildman–Crippen LogP) is 3.53. The van der Waals surface area contributed by atoms with E-state index in [-0.39, 0.29) is 0 Å². The summed E-state index contributed by atoms with van der Waals surface area (Å²) in [5, 5.41) is 8.97. The van der Waals surface area contributed by atoms with E-state index in [4.69, 9.17) is 0 Å². The fourth-order valence-corrected chi connectivity index (χ4v) is 2.82. The Kier molecular flexibility index (Phi) is 2.34. The number of hydrogen-bond donors (Lipinski definition) is 0. The maximum atomic E-state index is 4.48. The molecule has 0 saturated heterocycles. The van der Waals surface area contributed by atoms with Crippen LogP contribution < -0.4 is 0 Å². The number of benzene rings is 2. The molecule has 92 valence electrons. The van der Waals surface area contributed by atoms with Crippen molar-refractivity contribution in [3.05, 3.63) is 71.8 Å². The molecule has 0 amide bonds. The molecule has 1 aliphatic heterocycles. The second-order valence-corrected chi connectivity index (χ2v) is 5.15. The summed E-state index contributed by atoms with van der Waals surface area (Å²) in [5.74, 6) is 1.13. The molecular formula is C17H14N2. The Balaban J connectivity index is 1.73. The van der Waals surface area contributed by atoms with Crippen LogP contribution in [0.25, 0.3) is 0 Å². The number of nitrogens with zero attached hydrogens (tertiary/aromatic N) is 2. The first-order valence-electron chi connectivity index (χ1n) is 6.70. The van der Waals surface area contributed by atoms with Crippen molar-refractivity contribution >= 4 is 11.4 Å². The van der Waals surface area contributed by atoms with Gasteiger partial charge in [-0.05, 0) is 17.5 Å². The number of rotatable bonds is 2. The molecule has 4 rings (SSSR count). The zero-order valence-corrected chi connectivity index (χ0v) is 10.5. The predicted molar refractivity (Wildman–Crippen MR) is 77.6 cm³/mol. The van der Waals surface area contributed by atoms with Crippen molar-refractivity contribution in [1.29, 1.82) is 0 Å². The monoisotopic (exact) mass is 246 g/mol. The van der Waals surface area contributed by atoms with Crippen molar-refractivity contribution in [1.82, 2.24) is 0 Å². The molecule has 0 N–H and O–H groups in total. The first-order chi connectivity index (χ1) is 9.43. The summed E-state index contributed by atoms with van der Waals surface area (Å²) in [5.41, 5.74) is 4.74. The van der Waals surface area contributed by atoms with Gasteiger partial charge in [0.15, 0.2) is 0 Å². The summed E-state index contributed by atoms with van der Waals surface area (Å²) >= 11 is 0. The minimum absolute atomic E-state index is 0.565. The quantitative estimate of drug-likeness (QED) is 0.774. The molecule has 1 saturated carbocycles. The van der Waals surface area contributed by atoms with Gasteiger partial charge in [0.2, 0.25) is 0 Å². The van der Waals surface area contributed by atoms with Crippen molar-refractivity contribution in [2.75, 3.05) is 0 Å². The first-order valence-corrected chi connectivity index (χ1v) is 6.70. The van der Waals surface area contributed by atoms with E-state index in [9.17, 15) is 0 Å². The van der Waals surface area contributed by atoms with Gasteiger partial charge in [0.1, 0.15) is 0 Å². The lowest BCUT2D eigenvalue weighted by molar-refractivity contribution is 0.999. The Morgan fingerprint density at radius 2 is 1.05 bits per heavy atom. The van der Waals surface area contributed by atoms with Gasteiger partial charge in [0.05, 0.1) is 11.4 Å². The third-order valence-corrected chi connectivity index (χ3v) is 3.90. The fourth-order valence-electron chi connectivity index (χ4n) is 2.82. The van der Waals surface area contributed by atoms with E-state index in [1.54, 1.807) is 0 Å². The molecule has 2 aromatic carbocycles. The molecule has 0 bridgehead atoms. The van der Waals surface area contributed by atoms with Gasteiger partial charge in [-0.2, -0.15) is 10.2 Å². The van der Waals surface area contributed by atoms with Crippen LogP contribution in [0.5, 0.6) is 0 Å². The van der Waals surface area contributed by atoms with Crippen LogP contribution in [0.1, 0.15) is 17.5 Å². The molecule has 19 heavy (non-hydrogen) atoms. The van der Waals surface area contributed by atoms with E-state index in [1.807, 2.05) is 12.1 Å². The van der Waals surface area contributed by atoms with E-state index in [0.29, 0.717) is 11.8 Å². The van der Waals surface area contributed by atoms with Gasteiger partial charge in [-0.25, -0.2) is 0 Å². The standard InChI is InChI=1S/C17H14N2/c1-3-7-12(8-4-1)16-14-11-15(14)17(19-18-16)13-9-5-2-6-10-13/h1-10,14-15H,11H2. The van der Waals surface area contributed by atoms with Gasteiger partial charge in [-0.3, -0.25) is 0 Å². The molecule has 0 spiro atoms. The molecule has 2 nitrogen and oxygen atoms in total. The zero-order valence-electron chi connectivity index (χ0n) is 10.5. The third-order valence-electron chi connectivity index (χ3n) is 3.90. The van der Waals surface area contributed by atoms with Crippen molar-refractivity contribution < 1.29 is 0 Å². The average Bonchev–Trinajstić information content (AvgIpc) is 3.28. The van der Waals surface area contributed by atoms with E-state index in [1.165, 1.54) is 17.5 Å². The Hall–Kier alpha value is -2.22. The van der Waals surface area contributed by atoms with Crippen LogP contribution >= 0.6 is 0 Å². The van der Waals surface area contributed by atoms with Gasteiger partial charge >= 0.3 is 0 Å². The summed E-state index contributed by atoms with van der Waals surface area (Å²) in [4.78, 5) is 0. The van der Waals surface area contributed by atoms with Crippen LogP contribution in [0.3, 0.4) is 0 Å². The summed E-state index contributed by atoms with van der Waals surface area (Å²) in [6.45, 7) is 0. The van der Waals surface area contributed by atoms with Crippen molar-refractivity contribution in [2.24, 2.45) is 22.0 Å². The topological polar surface area (TPSA) is 24.7 Å². The Bertz CT molecular complexity index is 597. The third kappa shape index (κ3) is 1.80. The first kappa shape index (κ1) is 10.7. The highest BCUT2D eigenvalue weighted by Crippen LogP contribution is 2.46. The van der Waals surface area contributed by atoms with Gasteiger partial charge in [0.25, 0.3) is 0 Å². The summed E-state index contributed by atoms with van der Waals surface area (Å²) in [7, 11) is 0. The molecule has 2 atom stereocenters. The average molecular weight is 246 g/mol. The summed E-state index contributed by atoms with van der Waals surface area (Å²) < 4.78 is 0. The Morgan fingerprint density at radius 3 is 1.47 bits per heavy atom. The highest BCUT2D eigenvalue weighted by atomic mass is 15.2. The van der Waals surface area contributed by atoms with Crippen LogP contribution in [-0.2, 0) is 0 Å². The lowest BCUT2D eigenvalue weighted by atomic mass is 9.99. The van der Waals surface area contributed by atoms with Crippen molar-refractivity contribution in [2.45, 2.75) is 6.42 Å². The minimum atomic E-state index is 0.565. The highest BCUT2D eigenvalue weighted by molar-refractivity contribution is 6.14. The lowest BCUT2D eigenvalue weighted by Gasteiger charge is -2.11. The molecular weight excluding hydrogens is 232 g/mol. The molecule has 1 aliphatic carbocycles. The lowest BCUT2D eigenvalue weighted by Crippen LogP contribution is -2.15. The Labute approximate surface area is 112 Å². The van der Waals surface area contributed by atoms with Gasteiger partial charge < -0.3 is 0 Å². The molecule has 0 radical (unpaired) electrons.